The van der Waals surface area contributed by atoms with Gasteiger partial charge in [-0.2, -0.15) is 18.4 Å². The third-order valence-electron chi connectivity index (χ3n) is 7.32. The molecule has 41 heavy (non-hydrogen) atoms. The number of piperazine rings is 1. The normalized spacial score (nSPS) is 17.4. The van der Waals surface area contributed by atoms with Crippen LogP contribution in [0.4, 0.5) is 19.0 Å². The van der Waals surface area contributed by atoms with Crippen LogP contribution in [0.2, 0.25) is 0 Å². The van der Waals surface area contributed by atoms with Crippen LogP contribution in [0.5, 0.6) is 5.75 Å². The molecule has 2 aromatic carbocycles. The summed E-state index contributed by atoms with van der Waals surface area (Å²) < 4.78 is 44.3. The third kappa shape index (κ3) is 5.66. The van der Waals surface area contributed by atoms with Gasteiger partial charge in [0.2, 0.25) is 5.91 Å². The minimum absolute atomic E-state index is 0.374. The number of nitriles is 1. The van der Waals surface area contributed by atoms with Crippen LogP contribution in [0, 0.1) is 11.3 Å². The van der Waals surface area contributed by atoms with E-state index in [-0.39, 0.29) is 0 Å². The number of para-hydroxylation sites is 1. The zero-order chi connectivity index (χ0) is 29.3. The quantitative estimate of drug-likeness (QED) is 0.289. The Kier molecular flexibility index (Phi) is 7.54. The van der Waals surface area contributed by atoms with Crippen LogP contribution in [0.3, 0.4) is 0 Å². The Bertz CT molecular complexity index is 1600. The number of hydrogen-bond donors (Lipinski definition) is 0. The molecule has 210 valence electrons. The van der Waals surface area contributed by atoms with Crippen molar-refractivity contribution < 1.29 is 22.7 Å². The third-order valence-corrected chi connectivity index (χ3v) is 7.32. The fraction of sp³-hybridized carbons (Fsp3) is 0.290. The maximum Gasteiger partial charge on any atom is 0.397 e. The molecule has 5 rings (SSSR count). The van der Waals surface area contributed by atoms with E-state index in [1.54, 1.807) is 45.5 Å². The van der Waals surface area contributed by atoms with Gasteiger partial charge in [0.25, 0.3) is 0 Å². The molecular formula is C31H28F3N5O2. The molecule has 0 saturated carbocycles. The number of nitrogens with zero attached hydrogens (tertiary/aromatic N) is 5. The van der Waals surface area contributed by atoms with Crippen molar-refractivity contribution in [1.82, 2.24) is 14.9 Å². The largest absolute Gasteiger partial charge is 0.495 e. The van der Waals surface area contributed by atoms with Gasteiger partial charge < -0.3 is 14.5 Å². The smallest absolute Gasteiger partial charge is 0.397 e. The molecule has 2 unspecified atom stereocenters. The number of amides is 1. The highest BCUT2D eigenvalue weighted by Gasteiger charge is 2.39. The molecule has 0 bridgehead atoms. The molecule has 1 aliphatic heterocycles. The topological polar surface area (TPSA) is 82.3 Å². The lowest BCUT2D eigenvalue weighted by molar-refractivity contribution is -0.164. The molecule has 1 fully saturated rings. The first-order valence-corrected chi connectivity index (χ1v) is 13.1. The van der Waals surface area contributed by atoms with E-state index in [1.807, 2.05) is 47.4 Å². The van der Waals surface area contributed by atoms with Crippen molar-refractivity contribution in [3.63, 3.8) is 0 Å². The van der Waals surface area contributed by atoms with Crippen molar-refractivity contribution in [2.45, 2.75) is 38.5 Å². The molecule has 2 atom stereocenters. The number of carbonyl (C=O) groups is 1. The van der Waals surface area contributed by atoms with Crippen LogP contribution < -0.4 is 9.64 Å². The number of rotatable bonds is 5. The van der Waals surface area contributed by atoms with Crippen molar-refractivity contribution in [3.8, 4) is 34.1 Å². The number of halogens is 3. The van der Waals surface area contributed by atoms with Crippen molar-refractivity contribution in [3.05, 3.63) is 72.6 Å². The molecule has 7 nitrogen and oxygen atoms in total. The highest BCUT2D eigenvalue weighted by molar-refractivity contribution is 6.00. The lowest BCUT2D eigenvalue weighted by atomic mass is 9.98. The standard InChI is InChI=1S/C31H28F3N5O2/c1-19-17-38(18-20(2)39(19)28(40)13-31(32,33)34)27-12-11-23(15-36-27)26-16-37-29-24(5-4-6-25(29)30(26)41-3)22-9-7-21(14-35)8-10-22/h4-12,15-16,19-20H,13,17-18H2,1-3H3. The fourth-order valence-electron chi connectivity index (χ4n) is 5.58. The molecule has 0 N–H and O–H groups in total. The molecule has 0 spiro atoms. The predicted octanol–water partition coefficient (Wildman–Crippen LogP) is 6.22. The summed E-state index contributed by atoms with van der Waals surface area (Å²) in [6, 6.07) is 18.3. The molecule has 2 aromatic heterocycles. The molecule has 1 saturated heterocycles. The van der Waals surface area contributed by atoms with E-state index in [4.69, 9.17) is 15.0 Å². The highest BCUT2D eigenvalue weighted by Crippen LogP contribution is 2.39. The van der Waals surface area contributed by atoms with Crippen LogP contribution in [-0.4, -0.2) is 59.2 Å². The molecule has 0 aliphatic carbocycles. The molecule has 4 aromatic rings. The Balaban J connectivity index is 1.40. The lowest BCUT2D eigenvalue weighted by Crippen LogP contribution is -2.59. The summed E-state index contributed by atoms with van der Waals surface area (Å²) in [7, 11) is 1.61. The molecule has 3 heterocycles. The second kappa shape index (κ2) is 11.1. The molecule has 1 aliphatic rings. The van der Waals surface area contributed by atoms with E-state index < -0.39 is 30.6 Å². The van der Waals surface area contributed by atoms with Gasteiger partial charge in [-0.1, -0.05) is 24.3 Å². The second-order valence-corrected chi connectivity index (χ2v) is 10.2. The van der Waals surface area contributed by atoms with Crippen molar-refractivity contribution in [2.24, 2.45) is 0 Å². The van der Waals surface area contributed by atoms with Gasteiger partial charge in [-0.15, -0.1) is 0 Å². The fourth-order valence-corrected chi connectivity index (χ4v) is 5.58. The maximum absolute atomic E-state index is 12.8. The Labute approximate surface area is 235 Å². The SMILES string of the molecule is COc1c(-c2ccc(N3CC(C)N(C(=O)CC(F)(F)F)C(C)C3)nc2)cnc2c(-c3ccc(C#N)cc3)cccc12. The van der Waals surface area contributed by atoms with Gasteiger partial charge in [-0.3, -0.25) is 9.78 Å². The van der Waals surface area contributed by atoms with Crippen molar-refractivity contribution >= 4 is 22.6 Å². The number of aromatic nitrogens is 2. The van der Waals surface area contributed by atoms with Crippen LogP contribution >= 0.6 is 0 Å². The molecule has 0 radical (unpaired) electrons. The van der Waals surface area contributed by atoms with Gasteiger partial charge in [0, 0.05) is 59.6 Å². The zero-order valence-electron chi connectivity index (χ0n) is 22.8. The van der Waals surface area contributed by atoms with Crippen molar-refractivity contribution in [1.29, 1.82) is 5.26 Å². The lowest BCUT2D eigenvalue weighted by Gasteiger charge is -2.45. The molecular weight excluding hydrogens is 531 g/mol. The summed E-state index contributed by atoms with van der Waals surface area (Å²) in [5, 5.41) is 9.95. The van der Waals surface area contributed by atoms with E-state index in [0.29, 0.717) is 30.2 Å². The van der Waals surface area contributed by atoms with Gasteiger partial charge in [0.05, 0.1) is 24.3 Å². The first kappa shape index (κ1) is 27.9. The summed E-state index contributed by atoms with van der Waals surface area (Å²) in [4.78, 5) is 25.0. The van der Waals surface area contributed by atoms with Gasteiger partial charge in [0.1, 0.15) is 18.0 Å². The average Bonchev–Trinajstić information content (AvgIpc) is 2.95. The molecule has 10 heteroatoms. The van der Waals surface area contributed by atoms with E-state index >= 15 is 0 Å². The van der Waals surface area contributed by atoms with E-state index in [2.05, 4.69) is 11.1 Å². The maximum atomic E-state index is 12.8. The number of methoxy groups -OCH3 is 1. The summed E-state index contributed by atoms with van der Waals surface area (Å²) in [6.07, 6.45) is -2.51. The Morgan fingerprint density at radius 3 is 2.24 bits per heavy atom. The number of fused-ring (bicyclic) bond motifs is 1. The van der Waals surface area contributed by atoms with Gasteiger partial charge in [0.15, 0.2) is 0 Å². The van der Waals surface area contributed by atoms with Crippen molar-refractivity contribution in [2.75, 3.05) is 25.1 Å². The van der Waals surface area contributed by atoms with Crippen LogP contribution in [-0.2, 0) is 4.79 Å². The highest BCUT2D eigenvalue weighted by atomic mass is 19.4. The van der Waals surface area contributed by atoms with Gasteiger partial charge >= 0.3 is 6.18 Å². The summed E-state index contributed by atoms with van der Waals surface area (Å²) in [6.45, 7) is 4.25. The predicted molar refractivity (Wildman–Crippen MR) is 150 cm³/mol. The van der Waals surface area contributed by atoms with E-state index in [0.717, 1.165) is 33.2 Å². The Morgan fingerprint density at radius 2 is 1.66 bits per heavy atom. The van der Waals surface area contributed by atoms with Crippen LogP contribution in [0.1, 0.15) is 25.8 Å². The van der Waals surface area contributed by atoms with E-state index in [9.17, 15) is 18.0 Å². The minimum atomic E-state index is -4.53. The Morgan fingerprint density at radius 1 is 0.976 bits per heavy atom. The number of benzene rings is 2. The monoisotopic (exact) mass is 559 g/mol. The molecule has 1 amide bonds. The van der Waals surface area contributed by atoms with Gasteiger partial charge in [-0.05, 0) is 49.7 Å². The van der Waals surface area contributed by atoms with Gasteiger partial charge in [-0.25, -0.2) is 4.98 Å². The average molecular weight is 560 g/mol. The second-order valence-electron chi connectivity index (χ2n) is 10.2. The Hall–Kier alpha value is -4.65. The summed E-state index contributed by atoms with van der Waals surface area (Å²) in [5.41, 5.74) is 4.76. The summed E-state index contributed by atoms with van der Waals surface area (Å²) in [5.74, 6) is 0.420. The number of anilines is 1. The van der Waals surface area contributed by atoms with E-state index in [1.165, 1.54) is 4.90 Å². The minimum Gasteiger partial charge on any atom is -0.495 e. The van der Waals surface area contributed by atoms with Crippen LogP contribution in [0.15, 0.2) is 67.0 Å². The number of alkyl halides is 3. The number of carbonyl (C=O) groups excluding carboxylic acids is 1. The summed E-state index contributed by atoms with van der Waals surface area (Å²) >= 11 is 0. The number of ether oxygens (including phenoxy) is 1. The number of pyridine rings is 2. The van der Waals surface area contributed by atoms with Crippen LogP contribution in [0.25, 0.3) is 33.2 Å². The number of hydrogen-bond acceptors (Lipinski definition) is 6. The first-order valence-electron chi connectivity index (χ1n) is 13.1. The first-order chi connectivity index (χ1) is 19.6. The zero-order valence-corrected chi connectivity index (χ0v) is 22.8.